The normalized spacial score (nSPS) is 15.2. The van der Waals surface area contributed by atoms with E-state index < -0.39 is 7.37 Å². The summed E-state index contributed by atoms with van der Waals surface area (Å²) in [4.78, 5) is 7.92. The molecule has 0 spiro atoms. The first-order valence-electron chi connectivity index (χ1n) is 4.10. The van der Waals surface area contributed by atoms with Gasteiger partial charge in [-0.2, -0.15) is 0 Å². The molecule has 0 aromatic carbocycles. The van der Waals surface area contributed by atoms with Crippen molar-refractivity contribution < 1.29 is 9.09 Å². The minimum Gasteiger partial charge on any atom is -0.329 e. The first-order valence-corrected chi connectivity index (χ1v) is 6.36. The van der Waals surface area contributed by atoms with Crippen LogP contribution in [0.5, 0.6) is 0 Å². The maximum atomic E-state index is 11.7. The number of rotatable bonds is 4. The summed E-state index contributed by atoms with van der Waals surface area (Å²) in [5, 5.41) is 0. The van der Waals surface area contributed by atoms with E-state index >= 15 is 0 Å². The van der Waals surface area contributed by atoms with E-state index in [-0.39, 0.29) is 0 Å². The molecule has 0 aliphatic rings. The predicted octanol–water partition coefficient (Wildman–Crippen LogP) is 1.92. The van der Waals surface area contributed by atoms with E-state index in [1.807, 2.05) is 6.92 Å². The van der Waals surface area contributed by atoms with Crippen molar-refractivity contribution in [3.63, 3.8) is 0 Å². The van der Waals surface area contributed by atoms with E-state index in [4.69, 9.17) is 4.52 Å². The van der Waals surface area contributed by atoms with Crippen LogP contribution in [-0.2, 0) is 15.3 Å². The Morgan fingerprint density at radius 3 is 2.85 bits per heavy atom. The lowest BCUT2D eigenvalue weighted by molar-refractivity contribution is 0.336. The van der Waals surface area contributed by atoms with Crippen LogP contribution >= 0.6 is 7.37 Å². The Balaban J connectivity index is 2.64. The van der Waals surface area contributed by atoms with Gasteiger partial charge >= 0.3 is 0 Å². The van der Waals surface area contributed by atoms with E-state index in [0.29, 0.717) is 18.5 Å². The lowest BCUT2D eigenvalue weighted by atomic mass is 10.5. The van der Waals surface area contributed by atoms with Gasteiger partial charge in [-0.15, -0.1) is 0 Å². The highest BCUT2D eigenvalue weighted by atomic mass is 31.2. The standard InChI is InChI=1S/C8H13N2O2P/c1-3-12-13(2,11)7-8-6-9-4-5-10-8/h4-6H,3,7H2,1-2H3. The van der Waals surface area contributed by atoms with Crippen molar-refractivity contribution in [3.8, 4) is 0 Å². The highest BCUT2D eigenvalue weighted by Gasteiger charge is 2.16. The zero-order valence-corrected chi connectivity index (χ0v) is 8.70. The predicted molar refractivity (Wildman–Crippen MR) is 50.9 cm³/mol. The molecule has 1 unspecified atom stereocenters. The van der Waals surface area contributed by atoms with Crippen molar-refractivity contribution >= 4 is 7.37 Å². The molecule has 0 saturated carbocycles. The Morgan fingerprint density at radius 1 is 1.54 bits per heavy atom. The van der Waals surface area contributed by atoms with E-state index in [1.54, 1.807) is 25.3 Å². The summed E-state index contributed by atoms with van der Waals surface area (Å²) in [5.74, 6) is 0. The lowest BCUT2D eigenvalue weighted by Crippen LogP contribution is -1.95. The van der Waals surface area contributed by atoms with Gasteiger partial charge < -0.3 is 4.52 Å². The Bertz CT molecular complexity index is 302. The second kappa shape index (κ2) is 4.49. The lowest BCUT2D eigenvalue weighted by Gasteiger charge is -2.10. The van der Waals surface area contributed by atoms with Gasteiger partial charge in [0.2, 0.25) is 7.37 Å². The quantitative estimate of drug-likeness (QED) is 0.697. The minimum absolute atomic E-state index is 0.356. The SMILES string of the molecule is CCOP(C)(=O)Cc1cnccn1. The molecule has 1 rings (SSSR count). The molecule has 5 heteroatoms. The molecule has 0 bridgehead atoms. The summed E-state index contributed by atoms with van der Waals surface area (Å²) >= 11 is 0. The van der Waals surface area contributed by atoms with Gasteiger partial charge in [0.1, 0.15) is 0 Å². The molecule has 4 nitrogen and oxygen atoms in total. The van der Waals surface area contributed by atoms with Gasteiger partial charge in [0, 0.05) is 25.3 Å². The third kappa shape index (κ3) is 3.66. The van der Waals surface area contributed by atoms with Gasteiger partial charge in [0.15, 0.2) is 0 Å². The van der Waals surface area contributed by atoms with Gasteiger partial charge in [-0.05, 0) is 6.92 Å². The van der Waals surface area contributed by atoms with Crippen molar-refractivity contribution in [2.75, 3.05) is 13.3 Å². The summed E-state index contributed by atoms with van der Waals surface area (Å²) in [6, 6.07) is 0. The van der Waals surface area contributed by atoms with Crippen molar-refractivity contribution in [3.05, 3.63) is 24.3 Å². The number of aromatic nitrogens is 2. The van der Waals surface area contributed by atoms with E-state index in [1.165, 1.54) is 0 Å². The molecular weight excluding hydrogens is 187 g/mol. The van der Waals surface area contributed by atoms with Gasteiger partial charge in [-0.25, -0.2) is 0 Å². The Labute approximate surface area is 77.8 Å². The Kier molecular flexibility index (Phi) is 3.58. The fraction of sp³-hybridized carbons (Fsp3) is 0.500. The van der Waals surface area contributed by atoms with Crippen LogP contribution < -0.4 is 0 Å². The molecule has 0 aliphatic heterocycles. The zero-order chi connectivity index (χ0) is 9.73. The number of hydrogen-bond donors (Lipinski definition) is 0. The van der Waals surface area contributed by atoms with Gasteiger partial charge in [-0.1, -0.05) is 0 Å². The smallest absolute Gasteiger partial charge is 0.206 e. The monoisotopic (exact) mass is 200 g/mol. The Hall–Kier alpha value is -0.730. The maximum absolute atomic E-state index is 11.7. The molecule has 0 N–H and O–H groups in total. The second-order valence-corrected chi connectivity index (χ2v) is 5.39. The molecule has 0 amide bonds. The van der Waals surface area contributed by atoms with E-state index in [9.17, 15) is 4.57 Å². The molecule has 13 heavy (non-hydrogen) atoms. The van der Waals surface area contributed by atoms with Crippen LogP contribution in [0.15, 0.2) is 18.6 Å². The maximum Gasteiger partial charge on any atom is 0.206 e. The molecule has 1 heterocycles. The molecule has 0 fully saturated rings. The molecule has 1 aromatic heterocycles. The van der Waals surface area contributed by atoms with Gasteiger partial charge in [0.25, 0.3) is 0 Å². The van der Waals surface area contributed by atoms with Gasteiger partial charge in [0.05, 0.1) is 18.5 Å². The van der Waals surface area contributed by atoms with E-state index in [0.717, 1.165) is 0 Å². The summed E-state index contributed by atoms with van der Waals surface area (Å²) < 4.78 is 16.8. The minimum atomic E-state index is -2.52. The summed E-state index contributed by atoms with van der Waals surface area (Å²) in [5.41, 5.74) is 0.710. The third-order valence-corrected chi connectivity index (χ3v) is 3.17. The molecule has 0 saturated heterocycles. The van der Waals surface area contributed by atoms with Crippen molar-refractivity contribution in [2.45, 2.75) is 13.1 Å². The van der Waals surface area contributed by atoms with Crippen LogP contribution in [0.25, 0.3) is 0 Å². The summed E-state index contributed by atoms with van der Waals surface area (Å²) in [7, 11) is -2.52. The highest BCUT2D eigenvalue weighted by Crippen LogP contribution is 2.45. The van der Waals surface area contributed by atoms with Crippen LogP contribution in [0.1, 0.15) is 12.6 Å². The average molecular weight is 200 g/mol. The molecular formula is C8H13N2O2P. The fourth-order valence-electron chi connectivity index (χ4n) is 1.02. The summed E-state index contributed by atoms with van der Waals surface area (Å²) in [6.07, 6.45) is 5.13. The molecule has 0 aliphatic carbocycles. The van der Waals surface area contributed by atoms with Gasteiger partial charge in [-0.3, -0.25) is 14.5 Å². The average Bonchev–Trinajstić information content (AvgIpc) is 2.04. The number of hydrogen-bond acceptors (Lipinski definition) is 4. The van der Waals surface area contributed by atoms with E-state index in [2.05, 4.69) is 9.97 Å². The molecule has 72 valence electrons. The summed E-state index contributed by atoms with van der Waals surface area (Å²) in [6.45, 7) is 3.91. The highest BCUT2D eigenvalue weighted by molar-refractivity contribution is 7.57. The molecule has 1 atom stereocenters. The van der Waals surface area contributed by atoms with Crippen LogP contribution in [0.4, 0.5) is 0 Å². The first kappa shape index (κ1) is 10.4. The van der Waals surface area contributed by atoms with Crippen molar-refractivity contribution in [2.24, 2.45) is 0 Å². The van der Waals surface area contributed by atoms with Crippen molar-refractivity contribution in [1.82, 2.24) is 9.97 Å². The fourth-order valence-corrected chi connectivity index (χ4v) is 2.41. The van der Waals surface area contributed by atoms with Crippen LogP contribution in [0.2, 0.25) is 0 Å². The number of nitrogens with zero attached hydrogens (tertiary/aromatic N) is 2. The van der Waals surface area contributed by atoms with Crippen molar-refractivity contribution in [1.29, 1.82) is 0 Å². The zero-order valence-electron chi connectivity index (χ0n) is 7.80. The Morgan fingerprint density at radius 2 is 2.31 bits per heavy atom. The third-order valence-electron chi connectivity index (χ3n) is 1.47. The topological polar surface area (TPSA) is 52.1 Å². The second-order valence-electron chi connectivity index (χ2n) is 2.79. The molecule has 0 radical (unpaired) electrons. The van der Waals surface area contributed by atoms with Crippen LogP contribution in [0, 0.1) is 0 Å². The van der Waals surface area contributed by atoms with Crippen LogP contribution in [0.3, 0.4) is 0 Å². The first-order chi connectivity index (χ1) is 6.14. The largest absolute Gasteiger partial charge is 0.329 e. The molecule has 1 aromatic rings. The van der Waals surface area contributed by atoms with Crippen LogP contribution in [-0.4, -0.2) is 23.2 Å².